The standard InChI is InChI=1S/C31H47N7O10/c1-9-47-30(45)22(8)37-28(43)20(6)35-26(41)18(4)33-24(39)16(2)32-25(40)17(3)34-27(42)19(5)36-29(44)21(7)38-31(46)48-15-23-13-11-10-12-14-23/h10-14,16-22H,9,15H2,1-8H3,(H,32,40)(H,33,39)(H,34,42)(H,35,41)(H,36,44)(H,37,43)(H,38,46)/t16-,17-,18-,19-,20+,21-,22+/m1/s1. The monoisotopic (exact) mass is 677 g/mol. The molecule has 7 N–H and O–H groups in total. The van der Waals surface area contributed by atoms with Crippen molar-refractivity contribution in [1.29, 1.82) is 0 Å². The van der Waals surface area contributed by atoms with Gasteiger partial charge < -0.3 is 46.7 Å². The predicted octanol–water partition coefficient (Wildman–Crippen LogP) is -1.11. The molecule has 0 aliphatic heterocycles. The van der Waals surface area contributed by atoms with Gasteiger partial charge in [0.2, 0.25) is 35.4 Å². The fourth-order valence-electron chi connectivity index (χ4n) is 3.69. The van der Waals surface area contributed by atoms with Crippen molar-refractivity contribution in [3.8, 4) is 0 Å². The zero-order valence-corrected chi connectivity index (χ0v) is 28.4. The molecule has 7 atom stereocenters. The van der Waals surface area contributed by atoms with Crippen LogP contribution in [0.1, 0.15) is 61.0 Å². The average molecular weight is 678 g/mol. The number of ether oxygens (including phenoxy) is 2. The van der Waals surface area contributed by atoms with Gasteiger partial charge in [-0.15, -0.1) is 0 Å². The normalized spacial score (nSPS) is 14.9. The lowest BCUT2D eigenvalue weighted by Gasteiger charge is -2.23. The van der Waals surface area contributed by atoms with Crippen LogP contribution in [0.15, 0.2) is 30.3 Å². The average Bonchev–Trinajstić information content (AvgIpc) is 3.03. The number of rotatable bonds is 17. The van der Waals surface area contributed by atoms with Crippen molar-refractivity contribution in [2.75, 3.05) is 6.61 Å². The Balaban J connectivity index is 2.49. The van der Waals surface area contributed by atoms with Crippen LogP contribution in [0.2, 0.25) is 0 Å². The van der Waals surface area contributed by atoms with E-state index in [1.165, 1.54) is 48.5 Å². The first-order valence-corrected chi connectivity index (χ1v) is 15.4. The van der Waals surface area contributed by atoms with Gasteiger partial charge in [0.1, 0.15) is 48.9 Å². The van der Waals surface area contributed by atoms with Crippen molar-refractivity contribution in [1.82, 2.24) is 37.2 Å². The van der Waals surface area contributed by atoms with Gasteiger partial charge in [-0.3, -0.25) is 28.8 Å². The van der Waals surface area contributed by atoms with Crippen LogP contribution in [0, 0.1) is 0 Å². The van der Waals surface area contributed by atoms with E-state index in [0.717, 1.165) is 5.56 Å². The number of alkyl carbamates (subject to hydrolysis) is 1. The number of amides is 7. The Kier molecular flexibility index (Phi) is 17.1. The Hall–Kier alpha value is -5.22. The second-order valence-corrected chi connectivity index (χ2v) is 11.1. The van der Waals surface area contributed by atoms with E-state index in [-0.39, 0.29) is 13.2 Å². The molecule has 1 aromatic carbocycles. The highest BCUT2D eigenvalue weighted by Gasteiger charge is 2.28. The topological polar surface area (TPSA) is 239 Å². The molecular formula is C31H47N7O10. The first kappa shape index (κ1) is 40.8. The van der Waals surface area contributed by atoms with Crippen LogP contribution >= 0.6 is 0 Å². The van der Waals surface area contributed by atoms with Gasteiger partial charge in [-0.2, -0.15) is 0 Å². The molecule has 0 saturated carbocycles. The molecule has 0 radical (unpaired) electrons. The van der Waals surface area contributed by atoms with Crippen molar-refractivity contribution in [3.05, 3.63) is 35.9 Å². The van der Waals surface area contributed by atoms with Crippen LogP contribution in [0.3, 0.4) is 0 Å². The lowest BCUT2D eigenvalue weighted by molar-refractivity contribution is -0.147. The Morgan fingerprint density at radius 1 is 0.479 bits per heavy atom. The number of nitrogens with one attached hydrogen (secondary N) is 7. The molecule has 0 spiro atoms. The van der Waals surface area contributed by atoms with Gasteiger partial charge in [0.25, 0.3) is 0 Å². The van der Waals surface area contributed by atoms with E-state index in [0.29, 0.717) is 0 Å². The SMILES string of the molecule is CCOC(=O)[C@H](C)NC(=O)[C@H](C)NC(=O)[C@@H](C)NC(=O)[C@@H](C)NC(=O)[C@@H](C)NC(=O)[C@@H](C)NC(=O)[C@@H](C)NC(=O)OCc1ccccc1. The maximum atomic E-state index is 12.6. The molecule has 266 valence electrons. The fraction of sp³-hybridized carbons (Fsp3) is 0.548. The van der Waals surface area contributed by atoms with Crippen molar-refractivity contribution >= 4 is 47.5 Å². The number of hydrogen-bond donors (Lipinski definition) is 7. The maximum Gasteiger partial charge on any atom is 0.408 e. The van der Waals surface area contributed by atoms with E-state index >= 15 is 0 Å². The largest absolute Gasteiger partial charge is 0.464 e. The van der Waals surface area contributed by atoms with Crippen LogP contribution in [0.4, 0.5) is 4.79 Å². The Labute approximate surface area is 279 Å². The van der Waals surface area contributed by atoms with Crippen molar-refractivity contribution in [2.45, 2.75) is 104 Å². The number of esters is 1. The van der Waals surface area contributed by atoms with E-state index in [2.05, 4.69) is 37.2 Å². The van der Waals surface area contributed by atoms with Gasteiger partial charge in [-0.25, -0.2) is 9.59 Å². The van der Waals surface area contributed by atoms with E-state index < -0.39 is 89.8 Å². The Morgan fingerprint density at radius 2 is 0.792 bits per heavy atom. The molecule has 0 unspecified atom stereocenters. The highest BCUT2D eigenvalue weighted by molar-refractivity contribution is 5.96. The summed E-state index contributed by atoms with van der Waals surface area (Å²) < 4.78 is 9.90. The molecule has 0 saturated heterocycles. The van der Waals surface area contributed by atoms with Crippen LogP contribution in [-0.2, 0) is 49.6 Å². The summed E-state index contributed by atoms with van der Waals surface area (Å²) in [6.07, 6.45) is -0.823. The van der Waals surface area contributed by atoms with Crippen LogP contribution in [0.5, 0.6) is 0 Å². The van der Waals surface area contributed by atoms with Crippen LogP contribution in [-0.4, -0.2) is 96.4 Å². The number of benzene rings is 1. The molecular weight excluding hydrogens is 630 g/mol. The minimum absolute atomic E-state index is 0.00807. The zero-order valence-electron chi connectivity index (χ0n) is 28.4. The number of carbonyl (C=O) groups excluding carboxylic acids is 8. The first-order chi connectivity index (χ1) is 22.5. The minimum atomic E-state index is -1.12. The molecule has 7 amide bonds. The molecule has 0 bridgehead atoms. The summed E-state index contributed by atoms with van der Waals surface area (Å²) in [4.78, 5) is 98.9. The van der Waals surface area contributed by atoms with Crippen molar-refractivity contribution in [3.63, 3.8) is 0 Å². The van der Waals surface area contributed by atoms with Gasteiger partial charge in [0, 0.05) is 0 Å². The second-order valence-electron chi connectivity index (χ2n) is 11.1. The molecule has 17 nitrogen and oxygen atoms in total. The quantitative estimate of drug-likeness (QED) is 0.0982. The Morgan fingerprint density at radius 3 is 1.12 bits per heavy atom. The van der Waals surface area contributed by atoms with Gasteiger partial charge >= 0.3 is 12.1 Å². The van der Waals surface area contributed by atoms with E-state index in [1.54, 1.807) is 31.2 Å². The molecule has 0 aromatic heterocycles. The lowest BCUT2D eigenvalue weighted by Crippen LogP contribution is -2.57. The third-order valence-electron chi connectivity index (χ3n) is 6.70. The Bertz CT molecular complexity index is 1310. The third-order valence-corrected chi connectivity index (χ3v) is 6.70. The predicted molar refractivity (Wildman–Crippen MR) is 171 cm³/mol. The summed E-state index contributed by atoms with van der Waals surface area (Å²) in [5.74, 6) is -4.79. The van der Waals surface area contributed by atoms with Gasteiger partial charge in [-0.05, 0) is 61.0 Å². The van der Waals surface area contributed by atoms with Gasteiger partial charge in [-0.1, -0.05) is 30.3 Å². The van der Waals surface area contributed by atoms with Gasteiger partial charge in [0.15, 0.2) is 0 Å². The molecule has 0 heterocycles. The van der Waals surface area contributed by atoms with E-state index in [9.17, 15) is 38.4 Å². The van der Waals surface area contributed by atoms with Crippen LogP contribution < -0.4 is 37.2 Å². The molecule has 0 aliphatic carbocycles. The summed E-state index contributed by atoms with van der Waals surface area (Å²) in [6.45, 7) is 11.5. The molecule has 1 aromatic rings. The van der Waals surface area contributed by atoms with Crippen molar-refractivity contribution in [2.24, 2.45) is 0 Å². The fourth-order valence-corrected chi connectivity index (χ4v) is 3.69. The number of carbonyl (C=O) groups is 8. The molecule has 48 heavy (non-hydrogen) atoms. The summed E-state index contributed by atoms with van der Waals surface area (Å²) >= 11 is 0. The highest BCUT2D eigenvalue weighted by atomic mass is 16.5. The second kappa shape index (κ2) is 20.1. The summed E-state index contributed by atoms with van der Waals surface area (Å²) in [5, 5.41) is 16.9. The summed E-state index contributed by atoms with van der Waals surface area (Å²) in [6, 6.07) is 1.51. The smallest absolute Gasteiger partial charge is 0.408 e. The van der Waals surface area contributed by atoms with Gasteiger partial charge in [0.05, 0.1) is 6.61 Å². The maximum absolute atomic E-state index is 12.6. The minimum Gasteiger partial charge on any atom is -0.464 e. The first-order valence-electron chi connectivity index (χ1n) is 15.4. The van der Waals surface area contributed by atoms with E-state index in [4.69, 9.17) is 9.47 Å². The summed E-state index contributed by atoms with van der Waals surface area (Å²) in [5.41, 5.74) is 0.762. The molecule has 17 heteroatoms. The van der Waals surface area contributed by atoms with Crippen molar-refractivity contribution < 1.29 is 47.8 Å². The lowest BCUT2D eigenvalue weighted by atomic mass is 10.2. The molecule has 0 fully saturated rings. The molecule has 0 aliphatic rings. The summed E-state index contributed by atoms with van der Waals surface area (Å²) in [7, 11) is 0. The number of hydrogen-bond acceptors (Lipinski definition) is 10. The highest BCUT2D eigenvalue weighted by Crippen LogP contribution is 2.01. The van der Waals surface area contributed by atoms with E-state index in [1.807, 2.05) is 6.07 Å². The van der Waals surface area contributed by atoms with Crippen LogP contribution in [0.25, 0.3) is 0 Å². The third kappa shape index (κ3) is 14.5. The zero-order chi connectivity index (χ0) is 36.6. The molecule has 1 rings (SSSR count).